The summed E-state index contributed by atoms with van der Waals surface area (Å²) in [4.78, 5) is 12.8. The molecule has 32 heavy (non-hydrogen) atoms. The minimum atomic E-state index is -4.04. The number of halogens is 1. The van der Waals surface area contributed by atoms with Crippen LogP contribution in [0.25, 0.3) is 33.3 Å². The van der Waals surface area contributed by atoms with Gasteiger partial charge < -0.3 is 14.7 Å². The molecule has 0 saturated heterocycles. The van der Waals surface area contributed by atoms with Gasteiger partial charge in [-0.15, -0.1) is 12.4 Å². The van der Waals surface area contributed by atoms with Gasteiger partial charge in [-0.3, -0.25) is 4.18 Å². The van der Waals surface area contributed by atoms with Gasteiger partial charge in [0.05, 0.1) is 24.1 Å². The maximum Gasteiger partial charge on any atom is 0.333 e. The van der Waals surface area contributed by atoms with Crippen molar-refractivity contribution >= 4 is 44.6 Å². The smallest absolute Gasteiger partial charge is 0.333 e. The molecule has 9 nitrogen and oxygen atoms in total. The molecule has 11 heteroatoms. The number of H-pyrrole nitrogens is 1. The molecule has 1 fully saturated rings. The van der Waals surface area contributed by atoms with Crippen LogP contribution in [0, 0.1) is 12.8 Å². The third-order valence-electron chi connectivity index (χ3n) is 5.94. The molecule has 3 aromatic heterocycles. The summed E-state index contributed by atoms with van der Waals surface area (Å²) in [6.07, 6.45) is 2.31. The summed E-state index contributed by atoms with van der Waals surface area (Å²) in [5, 5.41) is 17.4. The van der Waals surface area contributed by atoms with E-state index in [9.17, 15) is 13.5 Å². The largest absolute Gasteiger partial charge is 0.393 e. The zero-order chi connectivity index (χ0) is 21.8. The van der Waals surface area contributed by atoms with Gasteiger partial charge >= 0.3 is 10.3 Å². The molecular weight excluding hydrogens is 454 g/mol. The van der Waals surface area contributed by atoms with E-state index in [4.69, 9.17) is 9.32 Å². The van der Waals surface area contributed by atoms with E-state index in [2.05, 4.69) is 27.1 Å². The second-order valence-corrected chi connectivity index (χ2v) is 9.30. The number of aliphatic hydroxyl groups excluding tert-OH is 1. The second kappa shape index (κ2) is 8.45. The van der Waals surface area contributed by atoms with Crippen molar-refractivity contribution in [1.29, 1.82) is 0 Å². The van der Waals surface area contributed by atoms with Crippen molar-refractivity contribution in [2.24, 2.45) is 11.1 Å². The molecule has 0 spiro atoms. The van der Waals surface area contributed by atoms with Gasteiger partial charge in [0, 0.05) is 34.4 Å². The second-order valence-electron chi connectivity index (χ2n) is 8.08. The SMILES string of the molecule is Cc1nc(-c2cc3ccccc3[nH]2)c2ccn([C@@H]3C[C@@H](COS(N)(=O)=O)[C@@H](O)C3)c2n1.Cl. The first kappa shape index (κ1) is 22.7. The minimum Gasteiger partial charge on any atom is -0.393 e. The number of aromatic amines is 1. The van der Waals surface area contributed by atoms with Crippen molar-refractivity contribution < 1.29 is 17.7 Å². The summed E-state index contributed by atoms with van der Waals surface area (Å²) < 4.78 is 29.0. The third kappa shape index (κ3) is 4.24. The van der Waals surface area contributed by atoms with Crippen LogP contribution in [0.5, 0.6) is 0 Å². The Bertz CT molecular complexity index is 1350. The van der Waals surface area contributed by atoms with E-state index >= 15 is 0 Å². The van der Waals surface area contributed by atoms with E-state index in [-0.39, 0.29) is 31.0 Å². The van der Waals surface area contributed by atoms with Gasteiger partial charge in [-0.25, -0.2) is 15.1 Å². The van der Waals surface area contributed by atoms with Crippen LogP contribution in [-0.4, -0.2) is 45.8 Å². The molecule has 0 bridgehead atoms. The molecule has 0 unspecified atom stereocenters. The van der Waals surface area contributed by atoms with Crippen molar-refractivity contribution in [3.63, 3.8) is 0 Å². The summed E-state index contributed by atoms with van der Waals surface area (Å²) in [7, 11) is -4.04. The Morgan fingerprint density at radius 2 is 2.03 bits per heavy atom. The fourth-order valence-corrected chi connectivity index (χ4v) is 4.87. The number of para-hydroxylation sites is 1. The Kier molecular flexibility index (Phi) is 5.99. The number of aromatic nitrogens is 4. The van der Waals surface area contributed by atoms with Gasteiger partial charge in [0.2, 0.25) is 0 Å². The van der Waals surface area contributed by atoms with Gasteiger partial charge in [0.1, 0.15) is 11.5 Å². The van der Waals surface area contributed by atoms with Crippen LogP contribution in [0.4, 0.5) is 0 Å². The lowest BCUT2D eigenvalue weighted by Gasteiger charge is -2.14. The highest BCUT2D eigenvalue weighted by atomic mass is 35.5. The van der Waals surface area contributed by atoms with Crippen LogP contribution in [0.3, 0.4) is 0 Å². The number of aryl methyl sites for hydroxylation is 1. The highest BCUT2D eigenvalue weighted by Gasteiger charge is 2.35. The zero-order valence-corrected chi connectivity index (χ0v) is 18.9. The minimum absolute atomic E-state index is 0. The summed E-state index contributed by atoms with van der Waals surface area (Å²) in [6, 6.07) is 12.1. The predicted molar refractivity (Wildman–Crippen MR) is 124 cm³/mol. The standard InChI is InChI=1S/C21H23N5O4S.ClH/c1-12-23-20(18-9-13-4-2-3-5-17(13)25-18)16-6-7-26(21(16)24-12)15-8-14(19(27)10-15)11-30-31(22,28)29;/h2-7,9,14-15,19,25,27H,8,10-11H2,1H3,(H2,22,28,29);1H/t14-,15+,19-;/m0./s1. The normalized spacial score (nSPS) is 21.3. The monoisotopic (exact) mass is 477 g/mol. The van der Waals surface area contributed by atoms with Crippen molar-refractivity contribution in [1.82, 2.24) is 19.5 Å². The number of hydrogen-bond donors (Lipinski definition) is 3. The lowest BCUT2D eigenvalue weighted by molar-refractivity contribution is 0.100. The summed E-state index contributed by atoms with van der Waals surface area (Å²) in [6.45, 7) is 1.72. The predicted octanol–water partition coefficient (Wildman–Crippen LogP) is 2.84. The maximum absolute atomic E-state index is 11.1. The summed E-state index contributed by atoms with van der Waals surface area (Å²) in [5.74, 6) is 0.325. The van der Waals surface area contributed by atoms with E-state index in [1.165, 1.54) is 0 Å². The molecule has 1 saturated carbocycles. The van der Waals surface area contributed by atoms with Crippen LogP contribution in [-0.2, 0) is 14.5 Å². The molecule has 3 atom stereocenters. The first-order valence-electron chi connectivity index (χ1n) is 10.1. The Morgan fingerprint density at radius 3 is 2.78 bits per heavy atom. The topological polar surface area (TPSA) is 136 Å². The molecule has 0 amide bonds. The number of nitrogens with one attached hydrogen (secondary N) is 1. The molecule has 5 rings (SSSR count). The van der Waals surface area contributed by atoms with Gasteiger partial charge in [-0.1, -0.05) is 18.2 Å². The Labute approximate surface area is 191 Å². The van der Waals surface area contributed by atoms with Gasteiger partial charge in [-0.2, -0.15) is 8.42 Å². The molecule has 1 aliphatic rings. The lowest BCUT2D eigenvalue weighted by atomic mass is 10.1. The highest BCUT2D eigenvalue weighted by Crippen LogP contribution is 2.38. The molecule has 4 aromatic rings. The van der Waals surface area contributed by atoms with Crippen LogP contribution in [0.2, 0.25) is 0 Å². The quantitative estimate of drug-likeness (QED) is 0.404. The number of benzene rings is 1. The van der Waals surface area contributed by atoms with Gasteiger partial charge in [-0.05, 0) is 38.0 Å². The van der Waals surface area contributed by atoms with E-state index in [1.807, 2.05) is 42.0 Å². The van der Waals surface area contributed by atoms with E-state index in [0.29, 0.717) is 18.7 Å². The molecule has 1 aromatic carbocycles. The molecule has 1 aliphatic carbocycles. The van der Waals surface area contributed by atoms with Crippen LogP contribution >= 0.6 is 12.4 Å². The van der Waals surface area contributed by atoms with E-state index < -0.39 is 16.4 Å². The van der Waals surface area contributed by atoms with E-state index in [0.717, 1.165) is 33.3 Å². The number of fused-ring (bicyclic) bond motifs is 2. The number of aliphatic hydroxyl groups is 1. The molecule has 3 heterocycles. The summed E-state index contributed by atoms with van der Waals surface area (Å²) in [5.41, 5.74) is 3.56. The molecule has 4 N–H and O–H groups in total. The first-order valence-corrected chi connectivity index (χ1v) is 11.5. The summed E-state index contributed by atoms with van der Waals surface area (Å²) >= 11 is 0. The van der Waals surface area contributed by atoms with E-state index in [1.54, 1.807) is 0 Å². The lowest BCUT2D eigenvalue weighted by Crippen LogP contribution is -2.24. The Hall–Kier alpha value is -2.50. The number of rotatable bonds is 5. The zero-order valence-electron chi connectivity index (χ0n) is 17.3. The fraction of sp³-hybridized carbons (Fsp3) is 0.333. The average Bonchev–Trinajstić information content (AvgIpc) is 3.41. The number of nitrogens with zero attached hydrogens (tertiary/aromatic N) is 3. The fourth-order valence-electron chi connectivity index (χ4n) is 4.51. The molecule has 0 aliphatic heterocycles. The molecule has 0 radical (unpaired) electrons. The van der Waals surface area contributed by atoms with Crippen LogP contribution < -0.4 is 5.14 Å². The first-order chi connectivity index (χ1) is 14.8. The highest BCUT2D eigenvalue weighted by molar-refractivity contribution is 7.84. The van der Waals surface area contributed by atoms with Crippen molar-refractivity contribution in [2.75, 3.05) is 6.61 Å². The molecular formula is C21H24ClN5O4S. The van der Waals surface area contributed by atoms with Crippen LogP contribution in [0.1, 0.15) is 24.7 Å². The number of hydrogen-bond acceptors (Lipinski definition) is 6. The third-order valence-corrected chi connectivity index (χ3v) is 6.41. The van der Waals surface area contributed by atoms with Crippen molar-refractivity contribution in [2.45, 2.75) is 31.9 Å². The van der Waals surface area contributed by atoms with Gasteiger partial charge in [0.15, 0.2) is 0 Å². The average molecular weight is 478 g/mol. The Morgan fingerprint density at radius 1 is 1.25 bits per heavy atom. The maximum atomic E-state index is 11.1. The Balaban J connectivity index is 0.00000245. The van der Waals surface area contributed by atoms with Crippen LogP contribution in [0.15, 0.2) is 42.6 Å². The van der Waals surface area contributed by atoms with Crippen molar-refractivity contribution in [3.8, 4) is 11.4 Å². The number of nitrogens with two attached hydrogens (primary N) is 1. The van der Waals surface area contributed by atoms with Gasteiger partial charge in [0.25, 0.3) is 0 Å². The van der Waals surface area contributed by atoms with Crippen molar-refractivity contribution in [3.05, 3.63) is 48.4 Å². The molecule has 170 valence electrons.